The number of aliphatic hydroxyl groups excluding tert-OH is 2. The molecule has 0 aromatic heterocycles. The zero-order valence-corrected chi connectivity index (χ0v) is 6.81. The maximum atomic E-state index is 9.69. The maximum Gasteiger partial charge on any atom is 0.113 e. The van der Waals surface area contributed by atoms with E-state index in [0.29, 0.717) is 6.61 Å². The van der Waals surface area contributed by atoms with E-state index in [0.717, 1.165) is 0 Å². The molecule has 0 spiro atoms. The normalized spacial score (nSPS) is 29.1. The van der Waals surface area contributed by atoms with Crippen LogP contribution in [0.5, 0.6) is 0 Å². The van der Waals surface area contributed by atoms with Crippen LogP contribution >= 0.6 is 0 Å². The maximum absolute atomic E-state index is 9.69. The van der Waals surface area contributed by atoms with E-state index in [4.69, 9.17) is 9.84 Å². The second-order valence-electron chi connectivity index (χ2n) is 3.05. The highest BCUT2D eigenvalue weighted by atomic mass is 16.6. The Morgan fingerprint density at radius 1 is 1.75 bits per heavy atom. The van der Waals surface area contributed by atoms with Crippen molar-refractivity contribution in [1.82, 2.24) is 0 Å². The fourth-order valence-corrected chi connectivity index (χ4v) is 1.06. The Bertz CT molecular complexity index is 166. The van der Waals surface area contributed by atoms with Crippen molar-refractivity contribution in [2.24, 2.45) is 0 Å². The second-order valence-corrected chi connectivity index (χ2v) is 3.05. The summed E-state index contributed by atoms with van der Waals surface area (Å²) in [5, 5.41) is 27.6. The Morgan fingerprint density at radius 3 is 2.67 bits per heavy atom. The lowest BCUT2D eigenvalue weighted by atomic mass is 9.92. The molecule has 4 heteroatoms. The lowest BCUT2D eigenvalue weighted by Crippen LogP contribution is -2.43. The van der Waals surface area contributed by atoms with Gasteiger partial charge in [-0.3, -0.25) is 0 Å². The van der Waals surface area contributed by atoms with Gasteiger partial charge >= 0.3 is 0 Å². The average Bonchev–Trinajstić information content (AvgIpc) is 2.86. The van der Waals surface area contributed by atoms with Gasteiger partial charge in [0.05, 0.1) is 19.3 Å². The van der Waals surface area contributed by atoms with E-state index in [-0.39, 0.29) is 12.5 Å². The molecule has 70 valence electrons. The summed E-state index contributed by atoms with van der Waals surface area (Å²) in [4.78, 5) is 0. The summed E-state index contributed by atoms with van der Waals surface area (Å²) in [6.45, 7) is 3.53. The van der Waals surface area contributed by atoms with Crippen molar-refractivity contribution in [1.29, 1.82) is 0 Å². The fourth-order valence-electron chi connectivity index (χ4n) is 1.06. The van der Waals surface area contributed by atoms with Gasteiger partial charge < -0.3 is 20.1 Å². The highest BCUT2D eigenvalue weighted by molar-refractivity contribution is 5.03. The topological polar surface area (TPSA) is 73.2 Å². The van der Waals surface area contributed by atoms with Crippen molar-refractivity contribution >= 4 is 0 Å². The van der Waals surface area contributed by atoms with Gasteiger partial charge in [-0.05, 0) is 0 Å². The van der Waals surface area contributed by atoms with Crippen molar-refractivity contribution < 1.29 is 20.1 Å². The minimum absolute atomic E-state index is 0.00537. The molecule has 3 N–H and O–H groups in total. The Labute approximate surface area is 71.1 Å². The van der Waals surface area contributed by atoms with Crippen LogP contribution in [-0.2, 0) is 4.74 Å². The third kappa shape index (κ3) is 2.04. The summed E-state index contributed by atoms with van der Waals surface area (Å²) < 4.78 is 4.90. The molecule has 3 atom stereocenters. The summed E-state index contributed by atoms with van der Waals surface area (Å²) in [5.41, 5.74) is -1.42. The number of hydrogen-bond acceptors (Lipinski definition) is 4. The molecule has 1 heterocycles. The Kier molecular flexibility index (Phi) is 2.85. The van der Waals surface area contributed by atoms with Gasteiger partial charge in [-0.25, -0.2) is 0 Å². The van der Waals surface area contributed by atoms with Crippen LogP contribution in [0.15, 0.2) is 12.7 Å². The first kappa shape index (κ1) is 9.67. The van der Waals surface area contributed by atoms with Gasteiger partial charge in [-0.15, -0.1) is 6.58 Å². The summed E-state index contributed by atoms with van der Waals surface area (Å²) in [6.07, 6.45) is 0.349. The second kappa shape index (κ2) is 3.53. The van der Waals surface area contributed by atoms with E-state index in [1.165, 1.54) is 6.08 Å². The molecule has 0 radical (unpaired) electrons. The lowest BCUT2D eigenvalue weighted by molar-refractivity contribution is -0.0706. The zero-order chi connectivity index (χ0) is 9.19. The Hall–Kier alpha value is -0.420. The standard InChI is InChI=1S/C8H14O4/c1-2-8(11,7(10)4-9)3-6-5-12-6/h2,6-7,9-11H,1,3-5H2. The van der Waals surface area contributed by atoms with Crippen LogP contribution in [-0.4, -0.2) is 46.3 Å². The van der Waals surface area contributed by atoms with Crippen LogP contribution in [0, 0.1) is 0 Å². The first-order valence-corrected chi connectivity index (χ1v) is 3.89. The first-order chi connectivity index (χ1) is 5.62. The minimum Gasteiger partial charge on any atom is -0.394 e. The molecule has 1 fully saturated rings. The van der Waals surface area contributed by atoms with Crippen LogP contribution in [0.1, 0.15) is 6.42 Å². The van der Waals surface area contributed by atoms with Gasteiger partial charge in [0.1, 0.15) is 11.7 Å². The van der Waals surface area contributed by atoms with Gasteiger partial charge in [0.15, 0.2) is 0 Å². The van der Waals surface area contributed by atoms with Gasteiger partial charge in [-0.2, -0.15) is 0 Å². The van der Waals surface area contributed by atoms with Crippen LogP contribution in [0.4, 0.5) is 0 Å². The SMILES string of the molecule is C=CC(O)(CC1CO1)C(O)CO. The van der Waals surface area contributed by atoms with Gasteiger partial charge in [-0.1, -0.05) is 6.08 Å². The fraction of sp³-hybridized carbons (Fsp3) is 0.750. The molecule has 0 saturated carbocycles. The minimum atomic E-state index is -1.42. The lowest BCUT2D eigenvalue weighted by Gasteiger charge is -2.27. The van der Waals surface area contributed by atoms with Crippen LogP contribution < -0.4 is 0 Å². The quantitative estimate of drug-likeness (QED) is 0.371. The Morgan fingerprint density at radius 2 is 2.33 bits per heavy atom. The van der Waals surface area contributed by atoms with Gasteiger partial charge in [0, 0.05) is 6.42 Å². The number of aliphatic hydroxyl groups is 3. The van der Waals surface area contributed by atoms with E-state index in [9.17, 15) is 10.2 Å². The number of hydrogen-bond donors (Lipinski definition) is 3. The molecule has 0 aliphatic carbocycles. The van der Waals surface area contributed by atoms with E-state index in [2.05, 4.69) is 6.58 Å². The van der Waals surface area contributed by atoms with Crippen molar-refractivity contribution in [3.63, 3.8) is 0 Å². The number of ether oxygens (including phenoxy) is 1. The molecular weight excluding hydrogens is 160 g/mol. The molecule has 0 aromatic rings. The predicted molar refractivity (Wildman–Crippen MR) is 42.6 cm³/mol. The van der Waals surface area contributed by atoms with Crippen molar-refractivity contribution in [3.8, 4) is 0 Å². The molecule has 3 unspecified atom stereocenters. The molecule has 0 amide bonds. The molecule has 0 bridgehead atoms. The van der Waals surface area contributed by atoms with Crippen molar-refractivity contribution in [2.75, 3.05) is 13.2 Å². The predicted octanol–water partition coefficient (Wildman–Crippen LogP) is -0.954. The average molecular weight is 174 g/mol. The summed E-state index contributed by atoms with van der Waals surface area (Å²) >= 11 is 0. The monoisotopic (exact) mass is 174 g/mol. The molecule has 1 aliphatic heterocycles. The Balaban J connectivity index is 2.52. The molecule has 1 rings (SSSR count). The third-order valence-electron chi connectivity index (χ3n) is 2.06. The highest BCUT2D eigenvalue weighted by Crippen LogP contribution is 2.26. The summed E-state index contributed by atoms with van der Waals surface area (Å²) in [7, 11) is 0. The highest BCUT2D eigenvalue weighted by Gasteiger charge is 2.39. The molecule has 0 aromatic carbocycles. The van der Waals surface area contributed by atoms with Crippen LogP contribution in [0.2, 0.25) is 0 Å². The molecule has 1 saturated heterocycles. The van der Waals surface area contributed by atoms with E-state index in [1.54, 1.807) is 0 Å². The number of rotatable bonds is 5. The van der Waals surface area contributed by atoms with Crippen molar-refractivity contribution in [2.45, 2.75) is 24.2 Å². The van der Waals surface area contributed by atoms with Crippen molar-refractivity contribution in [3.05, 3.63) is 12.7 Å². The molecule has 4 nitrogen and oxygen atoms in total. The number of epoxide rings is 1. The molecule has 12 heavy (non-hydrogen) atoms. The van der Waals surface area contributed by atoms with Gasteiger partial charge in [0.2, 0.25) is 0 Å². The molecular formula is C8H14O4. The van der Waals surface area contributed by atoms with Crippen LogP contribution in [0.3, 0.4) is 0 Å². The van der Waals surface area contributed by atoms with E-state index < -0.39 is 18.3 Å². The van der Waals surface area contributed by atoms with Crippen LogP contribution in [0.25, 0.3) is 0 Å². The molecule has 1 aliphatic rings. The first-order valence-electron chi connectivity index (χ1n) is 3.89. The summed E-state index contributed by atoms with van der Waals surface area (Å²) in [6, 6.07) is 0. The summed E-state index contributed by atoms with van der Waals surface area (Å²) in [5.74, 6) is 0. The van der Waals surface area contributed by atoms with E-state index in [1.807, 2.05) is 0 Å². The third-order valence-corrected chi connectivity index (χ3v) is 2.06. The van der Waals surface area contributed by atoms with E-state index >= 15 is 0 Å². The largest absolute Gasteiger partial charge is 0.394 e. The smallest absolute Gasteiger partial charge is 0.113 e. The zero-order valence-electron chi connectivity index (χ0n) is 6.81. The van der Waals surface area contributed by atoms with Gasteiger partial charge in [0.25, 0.3) is 0 Å².